The zero-order valence-corrected chi connectivity index (χ0v) is 12.9. The van der Waals surface area contributed by atoms with Crippen LogP contribution in [0.15, 0.2) is 42.6 Å². The molecule has 1 aromatic carbocycles. The van der Waals surface area contributed by atoms with E-state index in [2.05, 4.69) is 20.5 Å². The van der Waals surface area contributed by atoms with E-state index >= 15 is 0 Å². The van der Waals surface area contributed by atoms with E-state index in [0.717, 1.165) is 31.9 Å². The molecule has 1 aliphatic rings. The first-order valence-electron chi connectivity index (χ1n) is 7.61. The van der Waals surface area contributed by atoms with Gasteiger partial charge in [0.05, 0.1) is 16.8 Å². The van der Waals surface area contributed by atoms with Crippen molar-refractivity contribution in [2.24, 2.45) is 0 Å². The molecule has 1 aromatic heterocycles. The SMILES string of the molecule is O=C(Nc1ccc(N2CCNCC2)cn1)c1cccc([N+](=O)[O-])c1. The lowest BCUT2D eigenvalue weighted by atomic mass is 10.2. The van der Waals surface area contributed by atoms with Crippen molar-refractivity contribution in [2.75, 3.05) is 36.4 Å². The van der Waals surface area contributed by atoms with Crippen LogP contribution in [0.3, 0.4) is 0 Å². The maximum absolute atomic E-state index is 12.2. The first-order chi connectivity index (χ1) is 11.6. The Bertz CT molecular complexity index is 742. The molecule has 2 aromatic rings. The summed E-state index contributed by atoms with van der Waals surface area (Å²) in [6.45, 7) is 3.71. The third-order valence-electron chi connectivity index (χ3n) is 3.79. The predicted octanol–water partition coefficient (Wildman–Crippen LogP) is 1.65. The molecule has 0 spiro atoms. The number of nitrogens with zero attached hydrogens (tertiary/aromatic N) is 3. The summed E-state index contributed by atoms with van der Waals surface area (Å²) >= 11 is 0. The summed E-state index contributed by atoms with van der Waals surface area (Å²) in [6, 6.07) is 9.22. The smallest absolute Gasteiger partial charge is 0.270 e. The van der Waals surface area contributed by atoms with Crippen molar-refractivity contribution in [3.8, 4) is 0 Å². The third kappa shape index (κ3) is 3.66. The van der Waals surface area contributed by atoms with E-state index in [1.807, 2.05) is 6.07 Å². The van der Waals surface area contributed by atoms with Gasteiger partial charge in [0.2, 0.25) is 0 Å². The predicted molar refractivity (Wildman–Crippen MR) is 90.4 cm³/mol. The minimum atomic E-state index is -0.530. The molecule has 2 heterocycles. The van der Waals surface area contributed by atoms with Gasteiger partial charge in [0.15, 0.2) is 0 Å². The number of piperazine rings is 1. The van der Waals surface area contributed by atoms with Crippen molar-refractivity contribution >= 4 is 23.1 Å². The second-order valence-corrected chi connectivity index (χ2v) is 5.40. The van der Waals surface area contributed by atoms with E-state index in [-0.39, 0.29) is 11.3 Å². The van der Waals surface area contributed by atoms with Crippen LogP contribution in [0.1, 0.15) is 10.4 Å². The first-order valence-corrected chi connectivity index (χ1v) is 7.61. The highest BCUT2D eigenvalue weighted by Gasteiger charge is 2.13. The lowest BCUT2D eigenvalue weighted by molar-refractivity contribution is -0.384. The second kappa shape index (κ2) is 7.05. The summed E-state index contributed by atoms with van der Waals surface area (Å²) in [5.74, 6) is -0.0217. The number of carbonyl (C=O) groups is 1. The number of nitro groups is 1. The van der Waals surface area contributed by atoms with Crippen LogP contribution in [-0.2, 0) is 0 Å². The molecule has 0 saturated carbocycles. The number of nitro benzene ring substituents is 1. The molecule has 0 bridgehead atoms. The average Bonchev–Trinajstić information content (AvgIpc) is 2.63. The van der Waals surface area contributed by atoms with Crippen molar-refractivity contribution in [3.05, 3.63) is 58.3 Å². The summed E-state index contributed by atoms with van der Waals surface area (Å²) in [4.78, 5) is 28.9. The Kier molecular flexibility index (Phi) is 4.66. The van der Waals surface area contributed by atoms with Crippen LogP contribution in [0.2, 0.25) is 0 Å². The van der Waals surface area contributed by atoms with Crippen molar-refractivity contribution in [2.45, 2.75) is 0 Å². The molecular formula is C16H17N5O3. The van der Waals surface area contributed by atoms with Gasteiger partial charge < -0.3 is 15.5 Å². The van der Waals surface area contributed by atoms with Crippen molar-refractivity contribution in [1.82, 2.24) is 10.3 Å². The van der Waals surface area contributed by atoms with Crippen LogP contribution in [0.25, 0.3) is 0 Å². The van der Waals surface area contributed by atoms with E-state index in [1.54, 1.807) is 12.3 Å². The van der Waals surface area contributed by atoms with Gasteiger partial charge >= 0.3 is 0 Å². The van der Waals surface area contributed by atoms with Gasteiger partial charge in [-0.15, -0.1) is 0 Å². The van der Waals surface area contributed by atoms with Gasteiger partial charge in [-0.1, -0.05) is 6.07 Å². The number of pyridine rings is 1. The number of amides is 1. The highest BCUT2D eigenvalue weighted by Crippen LogP contribution is 2.17. The normalized spacial score (nSPS) is 14.2. The van der Waals surface area contributed by atoms with E-state index in [9.17, 15) is 14.9 Å². The molecule has 1 saturated heterocycles. The molecule has 0 atom stereocenters. The molecule has 124 valence electrons. The minimum Gasteiger partial charge on any atom is -0.368 e. The number of aromatic nitrogens is 1. The molecule has 0 unspecified atom stereocenters. The zero-order chi connectivity index (χ0) is 16.9. The topological polar surface area (TPSA) is 100 Å². The van der Waals surface area contributed by atoms with E-state index in [0.29, 0.717) is 5.82 Å². The molecule has 1 aliphatic heterocycles. The summed E-state index contributed by atoms with van der Waals surface area (Å²) in [5, 5.41) is 16.7. The summed E-state index contributed by atoms with van der Waals surface area (Å²) in [6.07, 6.45) is 1.72. The number of anilines is 2. The highest BCUT2D eigenvalue weighted by molar-refractivity contribution is 6.04. The fourth-order valence-corrected chi connectivity index (χ4v) is 2.52. The maximum atomic E-state index is 12.2. The molecular weight excluding hydrogens is 310 g/mol. The van der Waals surface area contributed by atoms with E-state index < -0.39 is 10.8 Å². The minimum absolute atomic E-state index is 0.121. The third-order valence-corrected chi connectivity index (χ3v) is 3.79. The van der Waals surface area contributed by atoms with Crippen LogP contribution < -0.4 is 15.5 Å². The summed E-state index contributed by atoms with van der Waals surface area (Å²) in [5.41, 5.74) is 1.10. The van der Waals surface area contributed by atoms with Crippen molar-refractivity contribution in [3.63, 3.8) is 0 Å². The summed E-state index contributed by atoms with van der Waals surface area (Å²) < 4.78 is 0. The van der Waals surface area contributed by atoms with Crippen LogP contribution in [0, 0.1) is 10.1 Å². The van der Waals surface area contributed by atoms with Gasteiger partial charge in [-0.25, -0.2) is 4.98 Å². The Morgan fingerprint density at radius 3 is 2.71 bits per heavy atom. The molecule has 0 radical (unpaired) electrons. The fourth-order valence-electron chi connectivity index (χ4n) is 2.52. The molecule has 3 rings (SSSR count). The standard InChI is InChI=1S/C16H17N5O3/c22-16(12-2-1-3-13(10-12)21(23)24)19-15-5-4-14(11-18-15)20-8-6-17-7-9-20/h1-5,10-11,17H,6-9H2,(H,18,19,22). The van der Waals surface area contributed by atoms with Gasteiger partial charge in [0, 0.05) is 43.9 Å². The van der Waals surface area contributed by atoms with E-state index in [1.165, 1.54) is 24.3 Å². The first kappa shape index (κ1) is 15.9. The molecule has 0 aliphatic carbocycles. The Balaban J connectivity index is 1.68. The van der Waals surface area contributed by atoms with Crippen molar-refractivity contribution in [1.29, 1.82) is 0 Å². The van der Waals surface area contributed by atoms with Gasteiger partial charge in [0.1, 0.15) is 5.82 Å². The van der Waals surface area contributed by atoms with E-state index in [4.69, 9.17) is 0 Å². The molecule has 8 nitrogen and oxygen atoms in total. The summed E-state index contributed by atoms with van der Waals surface area (Å²) in [7, 11) is 0. The Hall–Kier alpha value is -3.00. The largest absolute Gasteiger partial charge is 0.368 e. The number of benzene rings is 1. The monoisotopic (exact) mass is 327 g/mol. The molecule has 1 amide bonds. The average molecular weight is 327 g/mol. The van der Waals surface area contributed by atoms with Crippen LogP contribution in [0.4, 0.5) is 17.2 Å². The number of nitrogens with one attached hydrogen (secondary N) is 2. The molecule has 24 heavy (non-hydrogen) atoms. The zero-order valence-electron chi connectivity index (χ0n) is 12.9. The molecule has 1 fully saturated rings. The van der Waals surface area contributed by atoms with Crippen LogP contribution >= 0.6 is 0 Å². The molecule has 8 heteroatoms. The molecule has 2 N–H and O–H groups in total. The lowest BCUT2D eigenvalue weighted by Gasteiger charge is -2.29. The van der Waals surface area contributed by atoms with Crippen LogP contribution in [0.5, 0.6) is 0 Å². The lowest BCUT2D eigenvalue weighted by Crippen LogP contribution is -2.43. The second-order valence-electron chi connectivity index (χ2n) is 5.40. The Morgan fingerprint density at radius 2 is 2.04 bits per heavy atom. The van der Waals surface area contributed by atoms with Gasteiger partial charge in [-0.2, -0.15) is 0 Å². The number of hydrogen-bond acceptors (Lipinski definition) is 6. The number of rotatable bonds is 4. The maximum Gasteiger partial charge on any atom is 0.270 e. The Morgan fingerprint density at radius 1 is 1.25 bits per heavy atom. The van der Waals surface area contributed by atoms with Crippen molar-refractivity contribution < 1.29 is 9.72 Å². The number of hydrogen-bond donors (Lipinski definition) is 2. The van der Waals surface area contributed by atoms with Gasteiger partial charge in [0.25, 0.3) is 11.6 Å². The number of non-ortho nitro benzene ring substituents is 1. The van der Waals surface area contributed by atoms with Gasteiger partial charge in [-0.05, 0) is 18.2 Å². The highest BCUT2D eigenvalue weighted by atomic mass is 16.6. The van der Waals surface area contributed by atoms with Gasteiger partial charge in [-0.3, -0.25) is 14.9 Å². The quantitative estimate of drug-likeness (QED) is 0.654. The fraction of sp³-hybridized carbons (Fsp3) is 0.250. The number of carbonyl (C=O) groups excluding carboxylic acids is 1. The van der Waals surface area contributed by atoms with Crippen LogP contribution in [-0.4, -0.2) is 42.0 Å². The Labute approximate surface area is 138 Å².